The molecule has 34 heavy (non-hydrogen) atoms. The molecule has 2 aromatic carbocycles. The maximum Gasteiger partial charge on any atom is 0.327 e. The van der Waals surface area contributed by atoms with Gasteiger partial charge in [-0.25, -0.2) is 0 Å². The van der Waals surface area contributed by atoms with Crippen LogP contribution in [-0.4, -0.2) is 37.7 Å². The van der Waals surface area contributed by atoms with Crippen LogP contribution < -0.4 is 9.04 Å². The Morgan fingerprint density at radius 1 is 1.18 bits per heavy atom. The SMILES string of the molecule is CCOC(=O)Cn1ncc2c1CCCC2N(c1ccc(-c2cccc(OCC)c2)cc1)S(=O)[O-]. The van der Waals surface area contributed by atoms with Gasteiger partial charge in [-0.15, -0.1) is 0 Å². The lowest BCUT2D eigenvalue weighted by atomic mass is 9.92. The quantitative estimate of drug-likeness (QED) is 0.335. The van der Waals surface area contributed by atoms with Crippen LogP contribution in [0.1, 0.15) is 44.0 Å². The third-order valence-electron chi connectivity index (χ3n) is 5.86. The molecule has 0 spiro atoms. The summed E-state index contributed by atoms with van der Waals surface area (Å²) in [5.41, 5.74) is 4.24. The molecule has 1 heterocycles. The van der Waals surface area contributed by atoms with Crippen molar-refractivity contribution in [2.45, 2.75) is 45.7 Å². The van der Waals surface area contributed by atoms with E-state index in [9.17, 15) is 13.6 Å². The van der Waals surface area contributed by atoms with Crippen LogP contribution in [0.5, 0.6) is 5.75 Å². The Kier molecular flexibility index (Phi) is 7.64. The summed E-state index contributed by atoms with van der Waals surface area (Å²) < 4.78 is 38.4. The molecule has 0 amide bonds. The highest BCUT2D eigenvalue weighted by molar-refractivity contribution is 7.80. The molecule has 0 N–H and O–H groups in total. The van der Waals surface area contributed by atoms with E-state index < -0.39 is 11.3 Å². The second-order valence-corrected chi connectivity index (χ2v) is 8.80. The first-order valence-electron chi connectivity index (χ1n) is 11.4. The molecule has 0 fully saturated rings. The van der Waals surface area contributed by atoms with Gasteiger partial charge >= 0.3 is 5.97 Å². The van der Waals surface area contributed by atoms with E-state index in [1.54, 1.807) is 17.8 Å². The summed E-state index contributed by atoms with van der Waals surface area (Å²) in [6.45, 7) is 4.61. The molecule has 0 saturated heterocycles. The van der Waals surface area contributed by atoms with Crippen LogP contribution >= 0.6 is 0 Å². The van der Waals surface area contributed by atoms with E-state index in [1.165, 1.54) is 4.31 Å². The number of carbonyl (C=O) groups is 1. The summed E-state index contributed by atoms with van der Waals surface area (Å²) in [7, 11) is 0. The number of aromatic nitrogens is 2. The molecule has 0 radical (unpaired) electrons. The van der Waals surface area contributed by atoms with Gasteiger partial charge in [-0.2, -0.15) is 5.10 Å². The summed E-state index contributed by atoms with van der Waals surface area (Å²) in [5, 5.41) is 4.36. The summed E-state index contributed by atoms with van der Waals surface area (Å²) in [4.78, 5) is 11.9. The van der Waals surface area contributed by atoms with Crippen LogP contribution in [0.15, 0.2) is 54.7 Å². The van der Waals surface area contributed by atoms with Crippen LogP contribution in [0.4, 0.5) is 5.69 Å². The number of nitrogens with zero attached hydrogens (tertiary/aromatic N) is 3. The lowest BCUT2D eigenvalue weighted by Gasteiger charge is -2.37. The number of benzene rings is 2. The molecular formula is C25H28N3O5S-. The largest absolute Gasteiger partial charge is 0.755 e. The second-order valence-electron chi connectivity index (χ2n) is 7.97. The average molecular weight is 483 g/mol. The number of carbonyl (C=O) groups excluding carboxylic acids is 1. The predicted molar refractivity (Wildman–Crippen MR) is 129 cm³/mol. The smallest absolute Gasteiger partial charge is 0.327 e. The van der Waals surface area contributed by atoms with Gasteiger partial charge in [0.15, 0.2) is 0 Å². The minimum Gasteiger partial charge on any atom is -0.755 e. The minimum absolute atomic E-state index is 0.0197. The molecule has 2 atom stereocenters. The maximum atomic E-state index is 12.4. The predicted octanol–water partition coefficient (Wildman–Crippen LogP) is 4.19. The topological polar surface area (TPSA) is 96.7 Å². The van der Waals surface area contributed by atoms with Crippen LogP contribution in [-0.2, 0) is 33.8 Å². The van der Waals surface area contributed by atoms with E-state index in [-0.39, 0.29) is 18.6 Å². The lowest BCUT2D eigenvalue weighted by molar-refractivity contribution is -0.144. The van der Waals surface area contributed by atoms with Crippen molar-refractivity contribution in [2.75, 3.05) is 17.5 Å². The van der Waals surface area contributed by atoms with Crippen molar-refractivity contribution in [1.29, 1.82) is 0 Å². The Labute approximate surface area is 201 Å². The van der Waals surface area contributed by atoms with Crippen LogP contribution in [0.3, 0.4) is 0 Å². The molecule has 9 heteroatoms. The average Bonchev–Trinajstić information content (AvgIpc) is 3.23. The molecule has 4 rings (SSSR count). The first-order valence-corrected chi connectivity index (χ1v) is 12.5. The summed E-state index contributed by atoms with van der Waals surface area (Å²) in [5.74, 6) is 0.435. The van der Waals surface area contributed by atoms with Crippen LogP contribution in [0.2, 0.25) is 0 Å². The van der Waals surface area contributed by atoms with Crippen LogP contribution in [0, 0.1) is 0 Å². The molecule has 1 aromatic heterocycles. The number of fused-ring (bicyclic) bond motifs is 1. The Bertz CT molecular complexity index is 1160. The maximum absolute atomic E-state index is 12.4. The van der Waals surface area contributed by atoms with Gasteiger partial charge in [-0.3, -0.25) is 18.0 Å². The third-order valence-corrected chi connectivity index (χ3v) is 6.65. The lowest BCUT2D eigenvalue weighted by Crippen LogP contribution is -2.33. The van der Waals surface area contributed by atoms with E-state index >= 15 is 0 Å². The number of ether oxygens (including phenoxy) is 2. The Hall–Kier alpha value is -3.17. The molecule has 1 aliphatic carbocycles. The number of hydrogen-bond acceptors (Lipinski definition) is 6. The molecule has 3 aromatic rings. The Balaban J connectivity index is 1.60. The van der Waals surface area contributed by atoms with Gasteiger partial charge in [0.2, 0.25) is 0 Å². The second kappa shape index (κ2) is 10.8. The third kappa shape index (κ3) is 5.15. The number of hydrogen-bond donors (Lipinski definition) is 0. The van der Waals surface area contributed by atoms with E-state index in [0.717, 1.165) is 41.0 Å². The van der Waals surface area contributed by atoms with Crippen molar-refractivity contribution in [3.63, 3.8) is 0 Å². The molecule has 0 bridgehead atoms. The Morgan fingerprint density at radius 3 is 2.68 bits per heavy atom. The van der Waals surface area contributed by atoms with Crippen molar-refractivity contribution in [3.8, 4) is 16.9 Å². The van der Waals surface area contributed by atoms with Crippen molar-refractivity contribution in [1.82, 2.24) is 9.78 Å². The molecule has 180 valence electrons. The van der Waals surface area contributed by atoms with Crippen LogP contribution in [0.25, 0.3) is 11.1 Å². The van der Waals surface area contributed by atoms with E-state index in [1.807, 2.05) is 55.5 Å². The van der Waals surface area contributed by atoms with Gasteiger partial charge in [0.1, 0.15) is 12.3 Å². The molecule has 2 unspecified atom stereocenters. The molecule has 0 aliphatic heterocycles. The fourth-order valence-corrected chi connectivity index (χ4v) is 5.13. The zero-order valence-electron chi connectivity index (χ0n) is 19.3. The van der Waals surface area contributed by atoms with Gasteiger partial charge < -0.3 is 14.0 Å². The van der Waals surface area contributed by atoms with Crippen molar-refractivity contribution < 1.29 is 23.0 Å². The van der Waals surface area contributed by atoms with Crippen molar-refractivity contribution >= 4 is 22.9 Å². The van der Waals surface area contributed by atoms with E-state index in [2.05, 4.69) is 5.10 Å². The number of anilines is 1. The Morgan fingerprint density at radius 2 is 1.97 bits per heavy atom. The van der Waals surface area contributed by atoms with Gasteiger partial charge in [-0.05, 0) is 68.5 Å². The molecule has 0 saturated carbocycles. The summed E-state index contributed by atoms with van der Waals surface area (Å²) >= 11 is -2.49. The van der Waals surface area contributed by atoms with E-state index in [4.69, 9.17) is 9.47 Å². The fourth-order valence-electron chi connectivity index (χ4n) is 4.41. The fraction of sp³-hybridized carbons (Fsp3) is 0.360. The molecule has 8 nitrogen and oxygen atoms in total. The normalized spacial score (nSPS) is 15.9. The van der Waals surface area contributed by atoms with Gasteiger partial charge in [0, 0.05) is 28.2 Å². The first kappa shape index (κ1) is 24.0. The molecule has 1 aliphatic rings. The first-order chi connectivity index (χ1) is 16.5. The van der Waals surface area contributed by atoms with Gasteiger partial charge in [0.25, 0.3) is 0 Å². The highest BCUT2D eigenvalue weighted by Crippen LogP contribution is 2.38. The standard InChI is InChI=1S/C25H29N3O5S/c1-3-32-21-8-5-7-19(15-21)18-11-13-20(14-12-18)28(34(30)31)24-10-6-9-23-22(24)16-26-27(23)17-25(29)33-4-2/h5,7-8,11-16,24H,3-4,6,9-10,17H2,1-2H3,(H,30,31)/p-1. The summed E-state index contributed by atoms with van der Waals surface area (Å²) in [6, 6.07) is 14.9. The highest BCUT2D eigenvalue weighted by Gasteiger charge is 2.30. The van der Waals surface area contributed by atoms with E-state index in [0.29, 0.717) is 25.3 Å². The van der Waals surface area contributed by atoms with Gasteiger partial charge in [0.05, 0.1) is 25.5 Å². The number of esters is 1. The van der Waals surface area contributed by atoms with Crippen molar-refractivity contribution in [3.05, 3.63) is 66.0 Å². The van der Waals surface area contributed by atoms with Crippen molar-refractivity contribution in [2.24, 2.45) is 0 Å². The molecular weight excluding hydrogens is 454 g/mol. The zero-order chi connectivity index (χ0) is 24.1. The monoisotopic (exact) mass is 482 g/mol. The minimum atomic E-state index is -2.49. The summed E-state index contributed by atoms with van der Waals surface area (Å²) in [6.07, 6.45) is 3.87. The highest BCUT2D eigenvalue weighted by atomic mass is 32.2. The van der Waals surface area contributed by atoms with Gasteiger partial charge in [-0.1, -0.05) is 24.3 Å². The number of rotatable bonds is 9. The zero-order valence-corrected chi connectivity index (χ0v) is 20.1.